The Morgan fingerprint density at radius 1 is 1.35 bits per heavy atom. The van der Waals surface area contributed by atoms with Crippen LogP contribution < -0.4 is 0 Å². The van der Waals surface area contributed by atoms with E-state index in [4.69, 9.17) is 0 Å². The number of sulfone groups is 1. The van der Waals surface area contributed by atoms with Gasteiger partial charge in [-0.05, 0) is 30.2 Å². The zero-order valence-corrected chi connectivity index (χ0v) is 12.9. The lowest BCUT2D eigenvalue weighted by Crippen LogP contribution is -2.14. The summed E-state index contributed by atoms with van der Waals surface area (Å²) in [6, 6.07) is 5.53. The topological polar surface area (TPSA) is 54.4 Å². The summed E-state index contributed by atoms with van der Waals surface area (Å²) in [6.45, 7) is 0. The molecule has 1 heterocycles. The first-order valence-corrected chi connectivity index (χ1v) is 8.63. The second kappa shape index (κ2) is 4.99. The Bertz CT molecular complexity index is 528. The first-order chi connectivity index (χ1) is 7.89. The third-order valence-corrected chi connectivity index (χ3v) is 6.00. The standard InChI is InChI=1S/C11H12Br2O3S/c12-8-1-2-10(13)9(5-8)11(14)7-3-4-17(15,16)6-7/h1-2,5,7,11,14H,3-4,6H2. The summed E-state index contributed by atoms with van der Waals surface area (Å²) in [5.41, 5.74) is 0.737. The summed E-state index contributed by atoms with van der Waals surface area (Å²) in [6.07, 6.45) is -0.207. The van der Waals surface area contributed by atoms with Crippen molar-refractivity contribution in [2.24, 2.45) is 5.92 Å². The number of hydrogen-bond acceptors (Lipinski definition) is 3. The quantitative estimate of drug-likeness (QED) is 0.854. The smallest absolute Gasteiger partial charge is 0.150 e. The Morgan fingerprint density at radius 2 is 2.06 bits per heavy atom. The summed E-state index contributed by atoms with van der Waals surface area (Å²) in [4.78, 5) is 0. The lowest BCUT2D eigenvalue weighted by Gasteiger charge is -2.18. The molecule has 0 bridgehead atoms. The molecule has 94 valence electrons. The fourth-order valence-electron chi connectivity index (χ4n) is 2.07. The van der Waals surface area contributed by atoms with Crippen molar-refractivity contribution in [3.63, 3.8) is 0 Å². The molecule has 1 aliphatic heterocycles. The minimum Gasteiger partial charge on any atom is -0.388 e. The molecule has 1 N–H and O–H groups in total. The minimum atomic E-state index is -2.96. The monoisotopic (exact) mass is 382 g/mol. The third kappa shape index (κ3) is 3.10. The third-order valence-electron chi connectivity index (χ3n) is 2.99. The van der Waals surface area contributed by atoms with E-state index in [-0.39, 0.29) is 17.4 Å². The Morgan fingerprint density at radius 3 is 2.65 bits per heavy atom. The van der Waals surface area contributed by atoms with Crippen molar-refractivity contribution in [1.82, 2.24) is 0 Å². The lowest BCUT2D eigenvalue weighted by atomic mass is 9.95. The molecule has 3 nitrogen and oxygen atoms in total. The van der Waals surface area contributed by atoms with E-state index < -0.39 is 15.9 Å². The van der Waals surface area contributed by atoms with Crippen molar-refractivity contribution in [2.75, 3.05) is 11.5 Å². The number of aliphatic hydroxyl groups excluding tert-OH is 1. The van der Waals surface area contributed by atoms with Crippen LogP contribution in [0.5, 0.6) is 0 Å². The Labute approximate surface area is 117 Å². The van der Waals surface area contributed by atoms with E-state index >= 15 is 0 Å². The second-order valence-corrected chi connectivity index (χ2v) is 8.27. The Hall–Kier alpha value is 0.0900. The predicted molar refractivity (Wildman–Crippen MR) is 73.6 cm³/mol. The van der Waals surface area contributed by atoms with Gasteiger partial charge in [-0.3, -0.25) is 0 Å². The molecule has 0 aromatic heterocycles. The molecule has 2 unspecified atom stereocenters. The van der Waals surface area contributed by atoms with Crippen molar-refractivity contribution in [1.29, 1.82) is 0 Å². The van der Waals surface area contributed by atoms with Gasteiger partial charge < -0.3 is 5.11 Å². The maximum absolute atomic E-state index is 11.4. The molecule has 1 aromatic rings. The number of aliphatic hydroxyl groups is 1. The minimum absolute atomic E-state index is 0.0765. The van der Waals surface area contributed by atoms with E-state index in [9.17, 15) is 13.5 Å². The van der Waals surface area contributed by atoms with Crippen LogP contribution in [0.15, 0.2) is 27.1 Å². The average molecular weight is 384 g/mol. The summed E-state index contributed by atoms with van der Waals surface area (Å²) in [5.74, 6) is 0.0543. The van der Waals surface area contributed by atoms with Crippen LogP contribution in [0.2, 0.25) is 0 Å². The van der Waals surface area contributed by atoms with Gasteiger partial charge in [0.25, 0.3) is 0 Å². The molecule has 0 amide bonds. The molecule has 1 aromatic carbocycles. The maximum Gasteiger partial charge on any atom is 0.150 e. The molecular formula is C11H12Br2O3S. The summed E-state index contributed by atoms with van der Waals surface area (Å²) < 4.78 is 24.5. The van der Waals surface area contributed by atoms with Gasteiger partial charge in [0.15, 0.2) is 9.84 Å². The van der Waals surface area contributed by atoms with Crippen molar-refractivity contribution < 1.29 is 13.5 Å². The highest BCUT2D eigenvalue weighted by atomic mass is 79.9. The lowest BCUT2D eigenvalue weighted by molar-refractivity contribution is 0.120. The number of benzene rings is 1. The molecule has 0 radical (unpaired) electrons. The highest BCUT2D eigenvalue weighted by Crippen LogP contribution is 2.35. The van der Waals surface area contributed by atoms with E-state index in [1.54, 1.807) is 0 Å². The Kier molecular flexibility index (Phi) is 3.97. The van der Waals surface area contributed by atoms with Gasteiger partial charge >= 0.3 is 0 Å². The van der Waals surface area contributed by atoms with Gasteiger partial charge in [0, 0.05) is 14.9 Å². The summed E-state index contributed by atoms with van der Waals surface area (Å²) in [7, 11) is -2.96. The zero-order chi connectivity index (χ0) is 12.6. The SMILES string of the molecule is O=S1(=O)CCC(C(O)c2cc(Br)ccc2Br)C1. The van der Waals surface area contributed by atoms with Crippen LogP contribution in [-0.2, 0) is 9.84 Å². The molecule has 2 rings (SSSR count). The molecule has 0 spiro atoms. The van der Waals surface area contributed by atoms with Crippen molar-refractivity contribution >= 4 is 41.7 Å². The predicted octanol–water partition coefficient (Wildman–Crippen LogP) is 2.68. The van der Waals surface area contributed by atoms with Crippen molar-refractivity contribution in [2.45, 2.75) is 12.5 Å². The van der Waals surface area contributed by atoms with Crippen LogP contribution in [0.4, 0.5) is 0 Å². The fraction of sp³-hybridized carbons (Fsp3) is 0.455. The van der Waals surface area contributed by atoms with Crippen LogP contribution in [-0.4, -0.2) is 25.0 Å². The van der Waals surface area contributed by atoms with Crippen molar-refractivity contribution in [3.8, 4) is 0 Å². The van der Waals surface area contributed by atoms with Crippen LogP contribution >= 0.6 is 31.9 Å². The highest BCUT2D eigenvalue weighted by molar-refractivity contribution is 9.11. The molecular weight excluding hydrogens is 372 g/mol. The summed E-state index contributed by atoms with van der Waals surface area (Å²) in [5, 5.41) is 10.2. The molecule has 2 atom stereocenters. The van der Waals surface area contributed by atoms with Gasteiger partial charge in [-0.2, -0.15) is 0 Å². The van der Waals surface area contributed by atoms with Crippen LogP contribution in [0.25, 0.3) is 0 Å². The molecule has 6 heteroatoms. The molecule has 17 heavy (non-hydrogen) atoms. The summed E-state index contributed by atoms with van der Waals surface area (Å²) >= 11 is 6.72. The van der Waals surface area contributed by atoms with E-state index in [1.807, 2.05) is 18.2 Å². The first-order valence-electron chi connectivity index (χ1n) is 5.22. The van der Waals surface area contributed by atoms with Gasteiger partial charge in [-0.15, -0.1) is 0 Å². The molecule has 0 aliphatic carbocycles. The van der Waals surface area contributed by atoms with Gasteiger partial charge in [0.2, 0.25) is 0 Å². The molecule has 0 saturated carbocycles. The maximum atomic E-state index is 11.4. The van der Waals surface area contributed by atoms with E-state index in [0.717, 1.165) is 14.5 Å². The molecule has 1 aliphatic rings. The average Bonchev–Trinajstić information content (AvgIpc) is 2.61. The van der Waals surface area contributed by atoms with Crippen LogP contribution in [0.1, 0.15) is 18.1 Å². The van der Waals surface area contributed by atoms with Crippen LogP contribution in [0.3, 0.4) is 0 Å². The number of rotatable bonds is 2. The zero-order valence-electron chi connectivity index (χ0n) is 8.94. The van der Waals surface area contributed by atoms with Gasteiger partial charge in [-0.25, -0.2) is 8.42 Å². The van der Waals surface area contributed by atoms with Crippen molar-refractivity contribution in [3.05, 3.63) is 32.7 Å². The fourth-order valence-corrected chi connectivity index (χ4v) is 4.76. The second-order valence-electron chi connectivity index (χ2n) is 4.27. The van der Waals surface area contributed by atoms with Crippen LogP contribution in [0, 0.1) is 5.92 Å². The largest absolute Gasteiger partial charge is 0.388 e. The normalized spacial score (nSPS) is 24.8. The van der Waals surface area contributed by atoms with Gasteiger partial charge in [-0.1, -0.05) is 31.9 Å². The molecule has 1 saturated heterocycles. The number of hydrogen-bond donors (Lipinski definition) is 1. The van der Waals surface area contributed by atoms with E-state index in [2.05, 4.69) is 31.9 Å². The number of halogens is 2. The van der Waals surface area contributed by atoms with E-state index in [1.165, 1.54) is 0 Å². The Balaban J connectivity index is 2.26. The highest BCUT2D eigenvalue weighted by Gasteiger charge is 2.34. The first kappa shape index (κ1) is 13.5. The molecule has 1 fully saturated rings. The van der Waals surface area contributed by atoms with E-state index in [0.29, 0.717) is 6.42 Å². The van der Waals surface area contributed by atoms with Gasteiger partial charge in [0.05, 0.1) is 17.6 Å². The van der Waals surface area contributed by atoms with Gasteiger partial charge in [0.1, 0.15) is 0 Å².